The molecule has 0 unspecified atom stereocenters. The molecule has 1 aromatic heterocycles. The van der Waals surface area contributed by atoms with Gasteiger partial charge in [-0.05, 0) is 80.1 Å². The highest BCUT2D eigenvalue weighted by Gasteiger charge is 2.25. The monoisotopic (exact) mass is 476 g/mol. The van der Waals surface area contributed by atoms with E-state index in [2.05, 4.69) is 26.9 Å². The van der Waals surface area contributed by atoms with Crippen LogP contribution in [0.5, 0.6) is 11.5 Å². The maximum Gasteiger partial charge on any atom is 0.176 e. The third-order valence-corrected chi connectivity index (χ3v) is 7.48. The largest absolute Gasteiger partial charge is 0.503 e. The second-order valence-corrected chi connectivity index (χ2v) is 9.72. The van der Waals surface area contributed by atoms with Crippen LogP contribution in [0.4, 0.5) is 5.69 Å². The minimum atomic E-state index is -0.0698. The Morgan fingerprint density at radius 2 is 1.88 bits per heavy atom. The summed E-state index contributed by atoms with van der Waals surface area (Å²) < 4.78 is 5.29. The summed E-state index contributed by atoms with van der Waals surface area (Å²) in [5, 5.41) is 21.2. The molecule has 34 heavy (non-hydrogen) atoms. The van der Waals surface area contributed by atoms with Gasteiger partial charge >= 0.3 is 0 Å². The molecule has 3 aromatic rings. The van der Waals surface area contributed by atoms with Gasteiger partial charge in [-0.25, -0.2) is 0 Å². The summed E-state index contributed by atoms with van der Waals surface area (Å²) >= 11 is 6.24. The normalized spacial score (nSPS) is 17.3. The van der Waals surface area contributed by atoms with Crippen LogP contribution in [0, 0.1) is 17.2 Å². The molecule has 176 valence electrons. The Labute approximate surface area is 205 Å². The molecule has 0 radical (unpaired) electrons. The van der Waals surface area contributed by atoms with E-state index in [0.29, 0.717) is 11.3 Å². The molecule has 0 amide bonds. The van der Waals surface area contributed by atoms with Crippen molar-refractivity contribution in [1.82, 2.24) is 9.88 Å². The summed E-state index contributed by atoms with van der Waals surface area (Å²) in [5.41, 5.74) is 4.18. The lowest BCUT2D eigenvalue weighted by molar-refractivity contribution is 0.249. The van der Waals surface area contributed by atoms with E-state index in [4.69, 9.17) is 16.3 Å². The SMILES string of the molecule is COc1cc(-c2ccc3ncc(C#N)c(N4CCC(CN5CCCC5)CC4)c3c2)cc(Cl)c1O. The van der Waals surface area contributed by atoms with Crippen molar-refractivity contribution in [3.05, 3.63) is 47.1 Å². The molecular formula is C27H29ClN4O2. The lowest BCUT2D eigenvalue weighted by atomic mass is 9.94. The summed E-state index contributed by atoms with van der Waals surface area (Å²) in [5.74, 6) is 0.974. The average molecular weight is 477 g/mol. The summed E-state index contributed by atoms with van der Waals surface area (Å²) in [6.07, 6.45) is 6.61. The fourth-order valence-electron chi connectivity index (χ4n) is 5.35. The van der Waals surface area contributed by atoms with Crippen molar-refractivity contribution in [3.8, 4) is 28.7 Å². The summed E-state index contributed by atoms with van der Waals surface area (Å²) in [6.45, 7) is 5.56. The number of anilines is 1. The van der Waals surface area contributed by atoms with Crippen molar-refractivity contribution < 1.29 is 9.84 Å². The number of hydrogen-bond acceptors (Lipinski definition) is 6. The lowest BCUT2D eigenvalue weighted by Crippen LogP contribution is -2.38. The maximum absolute atomic E-state index is 10.1. The van der Waals surface area contributed by atoms with Gasteiger partial charge in [-0.3, -0.25) is 4.98 Å². The first-order chi connectivity index (χ1) is 16.6. The van der Waals surface area contributed by atoms with Gasteiger partial charge in [0, 0.05) is 31.2 Å². The molecule has 7 heteroatoms. The van der Waals surface area contributed by atoms with Crippen LogP contribution in [0.15, 0.2) is 36.5 Å². The number of halogens is 1. The zero-order valence-electron chi connectivity index (χ0n) is 19.4. The number of nitriles is 1. The van der Waals surface area contributed by atoms with Crippen molar-refractivity contribution in [2.24, 2.45) is 5.92 Å². The van der Waals surface area contributed by atoms with Crippen LogP contribution in [0.2, 0.25) is 5.02 Å². The van der Waals surface area contributed by atoms with Crippen molar-refractivity contribution in [2.75, 3.05) is 44.7 Å². The molecule has 2 aliphatic rings. The minimum Gasteiger partial charge on any atom is -0.503 e. The molecule has 3 heterocycles. The number of benzene rings is 2. The smallest absolute Gasteiger partial charge is 0.176 e. The van der Waals surface area contributed by atoms with Crippen LogP contribution < -0.4 is 9.64 Å². The quantitative estimate of drug-likeness (QED) is 0.527. The lowest BCUT2D eigenvalue weighted by Gasteiger charge is -2.36. The molecule has 2 fully saturated rings. The number of phenolic OH excluding ortho intramolecular Hbond substituents is 1. The molecule has 2 saturated heterocycles. The number of ether oxygens (including phenoxy) is 1. The number of rotatable bonds is 5. The zero-order valence-corrected chi connectivity index (χ0v) is 20.2. The van der Waals surface area contributed by atoms with E-state index in [1.807, 2.05) is 12.1 Å². The van der Waals surface area contributed by atoms with Gasteiger partial charge in [-0.2, -0.15) is 5.26 Å². The Bertz CT molecular complexity index is 1240. The van der Waals surface area contributed by atoms with Crippen molar-refractivity contribution >= 4 is 28.2 Å². The number of fused-ring (bicyclic) bond motifs is 1. The Morgan fingerprint density at radius 3 is 2.59 bits per heavy atom. The van der Waals surface area contributed by atoms with Gasteiger partial charge in [0.05, 0.1) is 28.9 Å². The summed E-state index contributed by atoms with van der Waals surface area (Å²) in [7, 11) is 1.50. The third kappa shape index (κ3) is 4.38. The van der Waals surface area contributed by atoms with Crippen molar-refractivity contribution in [3.63, 3.8) is 0 Å². The average Bonchev–Trinajstić information content (AvgIpc) is 3.38. The molecule has 0 saturated carbocycles. The standard InChI is InChI=1S/C27H29ClN4O2/c1-34-25-14-20(13-23(28)27(25)33)19-4-5-24-22(12-19)26(21(15-29)16-30-24)32-10-6-18(7-11-32)17-31-8-2-3-9-31/h4-5,12-14,16,18,33H,2-3,6-11,17H2,1H3. The van der Waals surface area contributed by atoms with Crippen molar-refractivity contribution in [2.45, 2.75) is 25.7 Å². The van der Waals surface area contributed by atoms with Crippen LogP contribution in [0.1, 0.15) is 31.2 Å². The maximum atomic E-state index is 10.1. The van der Waals surface area contributed by atoms with Gasteiger partial charge in [-0.15, -0.1) is 0 Å². The highest BCUT2D eigenvalue weighted by Crippen LogP contribution is 2.40. The molecule has 0 aliphatic carbocycles. The zero-order chi connectivity index (χ0) is 23.7. The van der Waals surface area contributed by atoms with Gasteiger partial charge in [-0.1, -0.05) is 17.7 Å². The van der Waals surface area contributed by atoms with Gasteiger partial charge < -0.3 is 19.6 Å². The van der Waals surface area contributed by atoms with E-state index >= 15 is 0 Å². The van der Waals surface area contributed by atoms with Crippen molar-refractivity contribution in [1.29, 1.82) is 5.26 Å². The van der Waals surface area contributed by atoms with Gasteiger partial charge in [0.15, 0.2) is 11.5 Å². The minimum absolute atomic E-state index is 0.0698. The third-order valence-electron chi connectivity index (χ3n) is 7.19. The van der Waals surface area contributed by atoms with E-state index in [1.54, 1.807) is 18.3 Å². The number of pyridine rings is 1. The van der Waals surface area contributed by atoms with E-state index < -0.39 is 0 Å². The predicted molar refractivity (Wildman–Crippen MR) is 136 cm³/mol. The first kappa shape index (κ1) is 22.8. The number of methoxy groups -OCH3 is 1. The van der Waals surface area contributed by atoms with E-state index in [0.717, 1.165) is 59.6 Å². The molecule has 0 spiro atoms. The predicted octanol–water partition coefficient (Wildman–Crippen LogP) is 5.45. The molecule has 5 rings (SSSR count). The fraction of sp³-hybridized carbons (Fsp3) is 0.407. The van der Waals surface area contributed by atoms with E-state index in [1.165, 1.54) is 39.6 Å². The molecule has 6 nitrogen and oxygen atoms in total. The Hall–Kier alpha value is -3.01. The van der Waals surface area contributed by atoms with Crippen LogP contribution in [-0.4, -0.2) is 54.8 Å². The van der Waals surface area contributed by atoms with E-state index in [9.17, 15) is 10.4 Å². The molecule has 2 aliphatic heterocycles. The Morgan fingerprint density at radius 1 is 1.12 bits per heavy atom. The highest BCUT2D eigenvalue weighted by atomic mass is 35.5. The van der Waals surface area contributed by atoms with Gasteiger partial charge in [0.2, 0.25) is 0 Å². The summed E-state index contributed by atoms with van der Waals surface area (Å²) in [4.78, 5) is 9.51. The topological polar surface area (TPSA) is 72.6 Å². The number of hydrogen-bond donors (Lipinski definition) is 1. The second-order valence-electron chi connectivity index (χ2n) is 9.31. The first-order valence-corrected chi connectivity index (χ1v) is 12.3. The molecule has 0 bridgehead atoms. The van der Waals surface area contributed by atoms with Crippen LogP contribution in [-0.2, 0) is 0 Å². The number of phenols is 1. The molecule has 0 atom stereocenters. The fourth-order valence-corrected chi connectivity index (χ4v) is 5.56. The number of likely N-dealkylation sites (tertiary alicyclic amines) is 1. The Kier molecular flexibility index (Phi) is 6.49. The Balaban J connectivity index is 1.48. The number of aromatic nitrogens is 1. The van der Waals surface area contributed by atoms with Gasteiger partial charge in [0.25, 0.3) is 0 Å². The van der Waals surface area contributed by atoms with Gasteiger partial charge in [0.1, 0.15) is 6.07 Å². The van der Waals surface area contributed by atoms with E-state index in [-0.39, 0.29) is 10.8 Å². The highest BCUT2D eigenvalue weighted by molar-refractivity contribution is 6.32. The van der Waals surface area contributed by atoms with Crippen LogP contribution in [0.3, 0.4) is 0 Å². The van der Waals surface area contributed by atoms with Crippen LogP contribution in [0.25, 0.3) is 22.0 Å². The second kappa shape index (κ2) is 9.69. The number of aromatic hydroxyl groups is 1. The molecule has 1 N–H and O–H groups in total. The first-order valence-electron chi connectivity index (χ1n) is 11.9. The van der Waals surface area contributed by atoms with Crippen LogP contribution >= 0.6 is 11.6 Å². The number of nitrogens with zero attached hydrogens (tertiary/aromatic N) is 4. The molecule has 2 aromatic carbocycles. The number of piperidine rings is 1. The molecular weight excluding hydrogens is 448 g/mol. The summed E-state index contributed by atoms with van der Waals surface area (Å²) in [6, 6.07) is 11.9.